The number of fused-ring (bicyclic) bond motifs is 1. The lowest BCUT2D eigenvalue weighted by Gasteiger charge is -2.15. The first kappa shape index (κ1) is 20.1. The average molecular weight is 398 g/mol. The Hall–Kier alpha value is -3.66. The first-order valence-corrected chi connectivity index (χ1v) is 9.01. The molecule has 0 aliphatic rings. The number of nitrogens with two attached hydrogens (primary N) is 1. The Morgan fingerprint density at radius 1 is 1.17 bits per heavy atom. The lowest BCUT2D eigenvalue weighted by molar-refractivity contribution is -0.141. The molecule has 0 spiro atoms. The van der Waals surface area contributed by atoms with Crippen molar-refractivity contribution in [2.24, 2.45) is 5.73 Å². The number of amides is 2. The van der Waals surface area contributed by atoms with Crippen LogP contribution in [-0.4, -0.2) is 56.5 Å². The fraction of sp³-hybridized carbons (Fsp3) is 0.263. The second kappa shape index (κ2) is 9.02. The largest absolute Gasteiger partial charge is 0.480 e. The number of nitrogens with one attached hydrogen (secondary N) is 4. The van der Waals surface area contributed by atoms with Crippen molar-refractivity contribution in [3.05, 3.63) is 54.2 Å². The van der Waals surface area contributed by atoms with Gasteiger partial charge in [-0.05, 0) is 11.6 Å². The van der Waals surface area contributed by atoms with Crippen LogP contribution in [0.2, 0.25) is 0 Å². The van der Waals surface area contributed by atoms with E-state index in [1.165, 1.54) is 6.33 Å². The smallest absolute Gasteiger partial charge is 0.326 e. The number of carboxylic acid groups (broad SMARTS) is 1. The van der Waals surface area contributed by atoms with Gasteiger partial charge in [-0.3, -0.25) is 9.59 Å². The first-order chi connectivity index (χ1) is 13.9. The second-order valence-corrected chi connectivity index (χ2v) is 6.63. The van der Waals surface area contributed by atoms with E-state index >= 15 is 0 Å². The summed E-state index contributed by atoms with van der Waals surface area (Å²) in [6.07, 6.45) is 5.11. The number of aromatic amines is 2. The van der Waals surface area contributed by atoms with Crippen molar-refractivity contribution in [3.63, 3.8) is 0 Å². The number of benzene rings is 1. The first-order valence-electron chi connectivity index (χ1n) is 9.01. The van der Waals surface area contributed by atoms with Gasteiger partial charge in [-0.2, -0.15) is 0 Å². The summed E-state index contributed by atoms with van der Waals surface area (Å²) in [4.78, 5) is 45.5. The van der Waals surface area contributed by atoms with Crippen LogP contribution < -0.4 is 16.4 Å². The van der Waals surface area contributed by atoms with E-state index in [-0.39, 0.29) is 19.4 Å². The zero-order chi connectivity index (χ0) is 20.8. The molecule has 10 nitrogen and oxygen atoms in total. The summed E-state index contributed by atoms with van der Waals surface area (Å²) in [7, 11) is 0. The number of aromatic nitrogens is 3. The number of hydrogen-bond donors (Lipinski definition) is 6. The molecule has 0 aliphatic heterocycles. The predicted molar refractivity (Wildman–Crippen MR) is 105 cm³/mol. The van der Waals surface area contributed by atoms with E-state index in [0.717, 1.165) is 16.5 Å². The number of rotatable bonds is 9. The third-order valence-electron chi connectivity index (χ3n) is 4.49. The van der Waals surface area contributed by atoms with Gasteiger partial charge in [0.1, 0.15) is 6.04 Å². The molecule has 152 valence electrons. The highest BCUT2D eigenvalue weighted by atomic mass is 16.4. The van der Waals surface area contributed by atoms with Gasteiger partial charge in [0.15, 0.2) is 0 Å². The van der Waals surface area contributed by atoms with Crippen LogP contribution in [0.25, 0.3) is 10.9 Å². The summed E-state index contributed by atoms with van der Waals surface area (Å²) < 4.78 is 0. The fourth-order valence-electron chi connectivity index (χ4n) is 2.99. The van der Waals surface area contributed by atoms with Crippen molar-refractivity contribution in [2.75, 3.05) is 6.54 Å². The number of aliphatic carboxylic acids is 1. The molecule has 0 aliphatic carbocycles. The molecular formula is C19H22N6O4. The molecule has 29 heavy (non-hydrogen) atoms. The van der Waals surface area contributed by atoms with Gasteiger partial charge in [-0.1, -0.05) is 18.2 Å². The number of para-hydroxylation sites is 1. The Bertz CT molecular complexity index is 997. The van der Waals surface area contributed by atoms with E-state index in [1.807, 2.05) is 24.3 Å². The molecule has 2 atom stereocenters. The SMILES string of the molecule is NC(Cc1cnc[nH]1)C(=O)NCC(=O)NC(Cc1c[nH]c2ccccc12)C(=O)O. The standard InChI is InChI=1S/C19H22N6O4/c20-14(6-12-8-21-10-24-12)18(27)23-9-17(26)25-16(19(28)29)5-11-7-22-15-4-2-1-3-13(11)15/h1-4,7-8,10,14,16,22H,5-6,9,20H2,(H,21,24)(H,23,27)(H,25,26)(H,28,29). The monoisotopic (exact) mass is 398 g/mol. The van der Waals surface area contributed by atoms with E-state index in [0.29, 0.717) is 5.69 Å². The number of nitrogens with zero attached hydrogens (tertiary/aromatic N) is 1. The van der Waals surface area contributed by atoms with Crippen LogP contribution in [0.4, 0.5) is 0 Å². The van der Waals surface area contributed by atoms with Gasteiger partial charge in [0, 0.05) is 41.8 Å². The summed E-state index contributed by atoms with van der Waals surface area (Å²) >= 11 is 0. The second-order valence-electron chi connectivity index (χ2n) is 6.63. The van der Waals surface area contributed by atoms with Crippen LogP contribution in [0.5, 0.6) is 0 Å². The van der Waals surface area contributed by atoms with Crippen LogP contribution >= 0.6 is 0 Å². The normalized spacial score (nSPS) is 13.0. The van der Waals surface area contributed by atoms with Crippen molar-refractivity contribution in [1.29, 1.82) is 0 Å². The van der Waals surface area contributed by atoms with E-state index in [2.05, 4.69) is 25.6 Å². The van der Waals surface area contributed by atoms with Gasteiger partial charge in [0.05, 0.1) is 18.9 Å². The Labute approximate surface area is 165 Å². The highest BCUT2D eigenvalue weighted by molar-refractivity contribution is 5.90. The third kappa shape index (κ3) is 5.20. The molecule has 0 fully saturated rings. The van der Waals surface area contributed by atoms with E-state index < -0.39 is 29.9 Å². The van der Waals surface area contributed by atoms with Crippen molar-refractivity contribution >= 4 is 28.7 Å². The highest BCUT2D eigenvalue weighted by Crippen LogP contribution is 2.19. The minimum Gasteiger partial charge on any atom is -0.480 e. The van der Waals surface area contributed by atoms with Crippen LogP contribution in [0, 0.1) is 0 Å². The van der Waals surface area contributed by atoms with Gasteiger partial charge < -0.3 is 31.4 Å². The van der Waals surface area contributed by atoms with E-state index in [1.54, 1.807) is 12.4 Å². The maximum absolute atomic E-state index is 12.1. The molecule has 3 rings (SSSR count). The lowest BCUT2D eigenvalue weighted by atomic mass is 10.0. The molecule has 2 aromatic heterocycles. The molecule has 1 aromatic carbocycles. The van der Waals surface area contributed by atoms with E-state index in [4.69, 9.17) is 5.73 Å². The Morgan fingerprint density at radius 3 is 2.69 bits per heavy atom. The van der Waals surface area contributed by atoms with Gasteiger partial charge >= 0.3 is 5.97 Å². The van der Waals surface area contributed by atoms with Crippen LogP contribution in [0.1, 0.15) is 11.3 Å². The maximum Gasteiger partial charge on any atom is 0.326 e. The molecule has 0 bridgehead atoms. The summed E-state index contributed by atoms with van der Waals surface area (Å²) in [5.74, 6) is -2.29. The number of carboxylic acids is 1. The quantitative estimate of drug-likeness (QED) is 0.289. The summed E-state index contributed by atoms with van der Waals surface area (Å²) in [6.45, 7) is -0.368. The summed E-state index contributed by atoms with van der Waals surface area (Å²) in [5.41, 5.74) is 8.16. The Balaban J connectivity index is 1.53. The van der Waals surface area contributed by atoms with E-state index in [9.17, 15) is 19.5 Å². The van der Waals surface area contributed by atoms with Crippen molar-refractivity contribution in [2.45, 2.75) is 24.9 Å². The molecule has 10 heteroatoms. The van der Waals surface area contributed by atoms with Crippen molar-refractivity contribution in [1.82, 2.24) is 25.6 Å². The minimum absolute atomic E-state index is 0.109. The lowest BCUT2D eigenvalue weighted by Crippen LogP contribution is -2.49. The molecule has 0 saturated heterocycles. The van der Waals surface area contributed by atoms with Crippen molar-refractivity contribution in [3.8, 4) is 0 Å². The van der Waals surface area contributed by atoms with Gasteiger partial charge in [-0.15, -0.1) is 0 Å². The molecule has 2 amide bonds. The van der Waals surface area contributed by atoms with Crippen molar-refractivity contribution < 1.29 is 19.5 Å². The Morgan fingerprint density at radius 2 is 1.97 bits per heavy atom. The van der Waals surface area contributed by atoms with Gasteiger partial charge in [0.2, 0.25) is 11.8 Å². The number of imidazole rings is 1. The molecule has 2 heterocycles. The molecular weight excluding hydrogens is 376 g/mol. The molecule has 0 saturated carbocycles. The zero-order valence-electron chi connectivity index (χ0n) is 15.5. The van der Waals surface area contributed by atoms with Gasteiger partial charge in [-0.25, -0.2) is 9.78 Å². The van der Waals surface area contributed by atoms with Crippen LogP contribution in [0.3, 0.4) is 0 Å². The highest BCUT2D eigenvalue weighted by Gasteiger charge is 2.23. The van der Waals surface area contributed by atoms with Crippen LogP contribution in [-0.2, 0) is 27.2 Å². The number of carbonyl (C=O) groups excluding carboxylic acids is 2. The molecule has 3 aromatic rings. The molecule has 0 radical (unpaired) electrons. The Kier molecular flexibility index (Phi) is 6.25. The zero-order valence-corrected chi connectivity index (χ0v) is 15.5. The topological polar surface area (TPSA) is 166 Å². The third-order valence-corrected chi connectivity index (χ3v) is 4.49. The minimum atomic E-state index is -1.16. The number of hydrogen-bond acceptors (Lipinski definition) is 5. The average Bonchev–Trinajstić information content (AvgIpc) is 3.35. The number of H-pyrrole nitrogens is 2. The van der Waals surface area contributed by atoms with Crippen LogP contribution in [0.15, 0.2) is 43.0 Å². The summed E-state index contributed by atoms with van der Waals surface area (Å²) in [5, 5.41) is 15.2. The number of carbonyl (C=O) groups is 3. The van der Waals surface area contributed by atoms with Gasteiger partial charge in [0.25, 0.3) is 0 Å². The predicted octanol–water partition coefficient (Wildman–Crippen LogP) is -0.311. The molecule has 7 N–H and O–H groups in total. The summed E-state index contributed by atoms with van der Waals surface area (Å²) in [6, 6.07) is 5.51. The fourth-order valence-corrected chi connectivity index (χ4v) is 2.99. The molecule has 2 unspecified atom stereocenters. The maximum atomic E-state index is 12.1.